The molecule has 114 valence electrons. The van der Waals surface area contributed by atoms with E-state index in [0.717, 1.165) is 11.3 Å². The Kier molecular flexibility index (Phi) is 4.63. The van der Waals surface area contributed by atoms with E-state index >= 15 is 0 Å². The van der Waals surface area contributed by atoms with Gasteiger partial charge in [0.05, 0.1) is 5.69 Å². The zero-order valence-electron chi connectivity index (χ0n) is 13.0. The Morgan fingerprint density at radius 3 is 2.67 bits per heavy atom. The van der Waals surface area contributed by atoms with Crippen LogP contribution in [0.25, 0.3) is 0 Å². The van der Waals surface area contributed by atoms with Crippen molar-refractivity contribution in [2.45, 2.75) is 39.5 Å². The number of aryl methyl sites for hydroxylation is 1. The molecule has 0 amide bonds. The monoisotopic (exact) mass is 291 g/mol. The molecule has 0 saturated heterocycles. The number of halogens is 1. The van der Waals surface area contributed by atoms with Gasteiger partial charge in [-0.05, 0) is 45.0 Å². The Bertz CT molecular complexity index is 602. The molecule has 21 heavy (non-hydrogen) atoms. The lowest BCUT2D eigenvalue weighted by Crippen LogP contribution is -2.35. The van der Waals surface area contributed by atoms with Crippen molar-refractivity contribution < 1.29 is 9.13 Å². The molecule has 0 spiro atoms. The van der Waals surface area contributed by atoms with Gasteiger partial charge in [0.2, 0.25) is 0 Å². The molecule has 0 saturated carbocycles. The van der Waals surface area contributed by atoms with Gasteiger partial charge in [-0.15, -0.1) is 0 Å². The summed E-state index contributed by atoms with van der Waals surface area (Å²) in [7, 11) is 1.86. The van der Waals surface area contributed by atoms with Gasteiger partial charge in [0.15, 0.2) is 0 Å². The summed E-state index contributed by atoms with van der Waals surface area (Å²) in [6.45, 7) is 7.13. The van der Waals surface area contributed by atoms with Crippen LogP contribution in [0.15, 0.2) is 30.5 Å². The summed E-state index contributed by atoms with van der Waals surface area (Å²) < 4.78 is 20.9. The fourth-order valence-corrected chi connectivity index (χ4v) is 1.88. The van der Waals surface area contributed by atoms with Crippen LogP contribution in [0, 0.1) is 5.82 Å². The fourth-order valence-electron chi connectivity index (χ4n) is 1.88. The molecule has 0 aliphatic rings. The van der Waals surface area contributed by atoms with E-state index in [4.69, 9.17) is 4.74 Å². The third-order valence-electron chi connectivity index (χ3n) is 2.98. The number of hydrogen-bond donors (Lipinski definition) is 1. The van der Waals surface area contributed by atoms with Gasteiger partial charge >= 0.3 is 0 Å². The predicted octanol–water partition coefficient (Wildman–Crippen LogP) is 3.03. The molecular weight excluding hydrogens is 269 g/mol. The Morgan fingerprint density at radius 1 is 1.29 bits per heavy atom. The summed E-state index contributed by atoms with van der Waals surface area (Å²) >= 11 is 0. The summed E-state index contributed by atoms with van der Waals surface area (Å²) in [4.78, 5) is 0. The van der Waals surface area contributed by atoms with E-state index in [1.165, 1.54) is 12.1 Å². The number of aromatic nitrogens is 2. The predicted molar refractivity (Wildman–Crippen MR) is 80.5 cm³/mol. The molecule has 0 bridgehead atoms. The van der Waals surface area contributed by atoms with E-state index < -0.39 is 0 Å². The van der Waals surface area contributed by atoms with E-state index in [2.05, 4.69) is 31.2 Å². The zero-order valence-corrected chi connectivity index (χ0v) is 13.0. The summed E-state index contributed by atoms with van der Waals surface area (Å²) in [6.07, 6.45) is 1.87. The molecule has 0 unspecified atom stereocenters. The first-order valence-corrected chi connectivity index (χ1v) is 6.98. The third kappa shape index (κ3) is 4.86. The minimum absolute atomic E-state index is 0.0371. The van der Waals surface area contributed by atoms with Gasteiger partial charge in [-0.3, -0.25) is 4.68 Å². The molecule has 2 aromatic rings. The van der Waals surface area contributed by atoms with Crippen molar-refractivity contribution >= 4 is 0 Å². The van der Waals surface area contributed by atoms with E-state index in [1.54, 1.807) is 10.7 Å². The number of ether oxygens (including phenoxy) is 1. The number of hydrogen-bond acceptors (Lipinski definition) is 3. The normalized spacial score (nSPS) is 11.7. The van der Waals surface area contributed by atoms with Crippen molar-refractivity contribution in [1.29, 1.82) is 0 Å². The number of rotatable bonds is 5. The zero-order chi connectivity index (χ0) is 15.5. The highest BCUT2D eigenvalue weighted by molar-refractivity contribution is 5.34. The fraction of sp³-hybridized carbons (Fsp3) is 0.438. The summed E-state index contributed by atoms with van der Waals surface area (Å²) in [6, 6.07) is 6.48. The second kappa shape index (κ2) is 6.26. The van der Waals surface area contributed by atoms with Crippen LogP contribution in [0.4, 0.5) is 4.39 Å². The van der Waals surface area contributed by atoms with Gasteiger partial charge < -0.3 is 10.1 Å². The van der Waals surface area contributed by atoms with Crippen molar-refractivity contribution in [3.8, 4) is 5.75 Å². The molecule has 1 aromatic heterocycles. The maximum Gasteiger partial charge on any atom is 0.132 e. The molecule has 1 aromatic carbocycles. The summed E-state index contributed by atoms with van der Waals surface area (Å²) in [5.41, 5.74) is 1.61. The van der Waals surface area contributed by atoms with E-state index in [-0.39, 0.29) is 11.4 Å². The van der Waals surface area contributed by atoms with Gasteiger partial charge in [0, 0.05) is 30.9 Å². The maximum absolute atomic E-state index is 13.4. The lowest BCUT2D eigenvalue weighted by atomic mass is 10.1. The maximum atomic E-state index is 13.4. The highest BCUT2D eigenvalue weighted by Crippen LogP contribution is 2.21. The summed E-state index contributed by atoms with van der Waals surface area (Å²) in [5.74, 6) is 0.421. The summed E-state index contributed by atoms with van der Waals surface area (Å²) in [5, 5.41) is 7.60. The minimum atomic E-state index is -0.258. The molecule has 2 rings (SSSR count). The quantitative estimate of drug-likeness (QED) is 0.920. The molecule has 1 heterocycles. The van der Waals surface area contributed by atoms with Crippen molar-refractivity contribution in [2.24, 2.45) is 7.05 Å². The first-order chi connectivity index (χ1) is 9.83. The Balaban J connectivity index is 2.07. The van der Waals surface area contributed by atoms with Crippen LogP contribution in [0.1, 0.15) is 32.0 Å². The SMILES string of the molecule is Cn1ccc(COc2ccc(F)cc2CNC(C)(C)C)n1. The van der Waals surface area contributed by atoms with Crippen LogP contribution in [0.5, 0.6) is 5.75 Å². The Hall–Kier alpha value is -1.88. The number of benzene rings is 1. The van der Waals surface area contributed by atoms with Crippen molar-refractivity contribution in [2.75, 3.05) is 0 Å². The molecule has 0 aliphatic carbocycles. The Morgan fingerprint density at radius 2 is 2.05 bits per heavy atom. The van der Waals surface area contributed by atoms with Gasteiger partial charge in [-0.2, -0.15) is 5.10 Å². The highest BCUT2D eigenvalue weighted by atomic mass is 19.1. The lowest BCUT2D eigenvalue weighted by Gasteiger charge is -2.21. The van der Waals surface area contributed by atoms with E-state index in [9.17, 15) is 4.39 Å². The minimum Gasteiger partial charge on any atom is -0.487 e. The van der Waals surface area contributed by atoms with Crippen molar-refractivity contribution in [3.05, 3.63) is 47.5 Å². The smallest absolute Gasteiger partial charge is 0.132 e. The average molecular weight is 291 g/mol. The van der Waals surface area contributed by atoms with Crippen LogP contribution >= 0.6 is 0 Å². The molecule has 4 nitrogen and oxygen atoms in total. The van der Waals surface area contributed by atoms with Crippen LogP contribution < -0.4 is 10.1 Å². The molecular formula is C16H22FN3O. The van der Waals surface area contributed by atoms with E-state index in [0.29, 0.717) is 18.9 Å². The van der Waals surface area contributed by atoms with Gasteiger partial charge in [0.1, 0.15) is 18.2 Å². The molecule has 0 atom stereocenters. The number of nitrogens with one attached hydrogen (secondary N) is 1. The molecule has 0 radical (unpaired) electrons. The second-order valence-corrected chi connectivity index (χ2v) is 6.13. The van der Waals surface area contributed by atoms with Crippen LogP contribution in [0.3, 0.4) is 0 Å². The molecule has 5 heteroatoms. The van der Waals surface area contributed by atoms with Gasteiger partial charge in [0.25, 0.3) is 0 Å². The Labute approximate surface area is 124 Å². The van der Waals surface area contributed by atoms with E-state index in [1.807, 2.05) is 19.3 Å². The molecule has 0 aliphatic heterocycles. The lowest BCUT2D eigenvalue weighted by molar-refractivity contribution is 0.293. The van der Waals surface area contributed by atoms with Crippen LogP contribution in [-0.2, 0) is 20.2 Å². The first kappa shape index (κ1) is 15.5. The molecule has 1 N–H and O–H groups in total. The average Bonchev–Trinajstić information content (AvgIpc) is 2.80. The standard InChI is InChI=1S/C16H22FN3O/c1-16(2,3)18-10-12-9-13(17)5-6-15(12)21-11-14-7-8-20(4)19-14/h5-9,18H,10-11H2,1-4H3. The third-order valence-corrected chi connectivity index (χ3v) is 2.98. The first-order valence-electron chi connectivity index (χ1n) is 6.98. The second-order valence-electron chi connectivity index (χ2n) is 6.13. The molecule has 0 fully saturated rings. The van der Waals surface area contributed by atoms with Crippen molar-refractivity contribution in [3.63, 3.8) is 0 Å². The number of nitrogens with zero attached hydrogens (tertiary/aromatic N) is 2. The van der Waals surface area contributed by atoms with Crippen LogP contribution in [0.2, 0.25) is 0 Å². The highest BCUT2D eigenvalue weighted by Gasteiger charge is 2.12. The van der Waals surface area contributed by atoms with Crippen LogP contribution in [-0.4, -0.2) is 15.3 Å². The topological polar surface area (TPSA) is 39.1 Å². The van der Waals surface area contributed by atoms with Crippen molar-refractivity contribution in [1.82, 2.24) is 15.1 Å². The largest absolute Gasteiger partial charge is 0.487 e. The van der Waals surface area contributed by atoms with Gasteiger partial charge in [-0.1, -0.05) is 0 Å². The van der Waals surface area contributed by atoms with Gasteiger partial charge in [-0.25, -0.2) is 4.39 Å².